The van der Waals surface area contributed by atoms with Crippen LogP contribution in [0.1, 0.15) is 5.56 Å². The summed E-state index contributed by atoms with van der Waals surface area (Å²) in [5.41, 5.74) is 2.18. The van der Waals surface area contributed by atoms with Crippen LogP contribution in [0.2, 0.25) is 0 Å². The van der Waals surface area contributed by atoms with E-state index >= 15 is 0 Å². The maximum atomic E-state index is 4.35. The monoisotopic (exact) mass is 302 g/mol. The van der Waals surface area contributed by atoms with Gasteiger partial charge in [-0.1, -0.05) is 18.2 Å². The largest absolute Gasteiger partial charge is 0.267 e. The molecule has 2 aromatic heterocycles. The number of hydrogen-bond acceptors (Lipinski definition) is 2. The fraction of sp³-hybridized carbons (Fsp3) is 0.0769. The van der Waals surface area contributed by atoms with Gasteiger partial charge in [-0.2, -0.15) is 10.2 Å². The van der Waals surface area contributed by atoms with Gasteiger partial charge in [0.15, 0.2) is 0 Å². The van der Waals surface area contributed by atoms with Crippen LogP contribution in [0.15, 0.2) is 59.6 Å². The minimum absolute atomic E-state index is 0.721. The van der Waals surface area contributed by atoms with Crippen molar-refractivity contribution in [2.75, 3.05) is 0 Å². The van der Waals surface area contributed by atoms with Gasteiger partial charge in [0.05, 0.1) is 29.1 Å². The lowest BCUT2D eigenvalue weighted by molar-refractivity contribution is 0.686. The van der Waals surface area contributed by atoms with Crippen molar-refractivity contribution in [1.82, 2.24) is 19.6 Å². The molecule has 0 fully saturated rings. The summed E-state index contributed by atoms with van der Waals surface area (Å²) in [6.07, 6.45) is 7.61. The molecule has 0 aliphatic carbocycles. The van der Waals surface area contributed by atoms with Crippen LogP contribution in [0.25, 0.3) is 5.69 Å². The van der Waals surface area contributed by atoms with E-state index in [1.54, 1.807) is 6.20 Å². The molecule has 0 aliphatic rings. The summed E-state index contributed by atoms with van der Waals surface area (Å²) in [4.78, 5) is 0. The molecule has 0 spiro atoms. The molecule has 2 heterocycles. The molecular weight excluding hydrogens is 292 g/mol. The average molecular weight is 303 g/mol. The Bertz CT molecular complexity index is 642. The van der Waals surface area contributed by atoms with Crippen molar-refractivity contribution in [2.45, 2.75) is 6.54 Å². The van der Waals surface area contributed by atoms with Crippen LogP contribution in [0.3, 0.4) is 0 Å². The van der Waals surface area contributed by atoms with Crippen molar-refractivity contribution in [2.24, 2.45) is 0 Å². The van der Waals surface area contributed by atoms with Gasteiger partial charge in [0.2, 0.25) is 0 Å². The smallest absolute Gasteiger partial charge is 0.0690 e. The molecule has 0 saturated carbocycles. The zero-order valence-electron chi connectivity index (χ0n) is 9.57. The maximum absolute atomic E-state index is 4.35. The summed E-state index contributed by atoms with van der Waals surface area (Å²) in [5, 5.41) is 8.58. The number of nitrogens with zero attached hydrogens (tertiary/aromatic N) is 4. The highest BCUT2D eigenvalue weighted by Gasteiger charge is 2.02. The first kappa shape index (κ1) is 11.2. The topological polar surface area (TPSA) is 35.6 Å². The zero-order valence-corrected chi connectivity index (χ0v) is 11.2. The van der Waals surface area contributed by atoms with Gasteiger partial charge in [-0.3, -0.25) is 4.68 Å². The molecule has 0 radical (unpaired) electrons. The van der Waals surface area contributed by atoms with E-state index < -0.39 is 0 Å². The van der Waals surface area contributed by atoms with Gasteiger partial charge in [0.25, 0.3) is 0 Å². The third-order valence-electron chi connectivity index (χ3n) is 2.60. The number of halogens is 1. The molecule has 0 saturated heterocycles. The van der Waals surface area contributed by atoms with Crippen LogP contribution in [0.4, 0.5) is 0 Å². The van der Waals surface area contributed by atoms with E-state index in [0.717, 1.165) is 22.3 Å². The minimum atomic E-state index is 0.721. The number of benzene rings is 1. The lowest BCUT2D eigenvalue weighted by Gasteiger charge is -1.99. The highest BCUT2D eigenvalue weighted by Crippen LogP contribution is 2.11. The molecule has 0 unspecified atom stereocenters. The Balaban J connectivity index is 1.82. The Labute approximate surface area is 113 Å². The van der Waals surface area contributed by atoms with Crippen molar-refractivity contribution in [3.8, 4) is 5.69 Å². The zero-order chi connectivity index (χ0) is 12.4. The molecular formula is C13H11BrN4. The van der Waals surface area contributed by atoms with Crippen LogP contribution >= 0.6 is 15.9 Å². The molecule has 0 aliphatic heterocycles. The molecule has 0 amide bonds. The van der Waals surface area contributed by atoms with Crippen LogP contribution < -0.4 is 0 Å². The molecule has 3 rings (SSSR count). The molecule has 0 atom stereocenters. The van der Waals surface area contributed by atoms with Gasteiger partial charge in [0, 0.05) is 18.0 Å². The summed E-state index contributed by atoms with van der Waals surface area (Å²) in [6, 6.07) is 10.1. The molecule has 4 nitrogen and oxygen atoms in total. The lowest BCUT2D eigenvalue weighted by atomic mass is 10.3. The Hall–Kier alpha value is -1.88. The van der Waals surface area contributed by atoms with Gasteiger partial charge >= 0.3 is 0 Å². The number of rotatable bonds is 3. The quantitative estimate of drug-likeness (QED) is 0.746. The highest BCUT2D eigenvalue weighted by atomic mass is 79.9. The molecule has 5 heteroatoms. The average Bonchev–Trinajstić information content (AvgIpc) is 3.01. The van der Waals surface area contributed by atoms with E-state index in [0.29, 0.717) is 0 Å². The predicted molar refractivity (Wildman–Crippen MR) is 72.6 cm³/mol. The second-order valence-corrected chi connectivity index (χ2v) is 4.90. The number of para-hydroxylation sites is 1. The molecule has 0 bridgehead atoms. The SMILES string of the molecule is Brc1cnn(Cc2cnn(-c3ccccc3)c2)c1. The second kappa shape index (κ2) is 4.78. The van der Waals surface area contributed by atoms with Crippen molar-refractivity contribution < 1.29 is 0 Å². The maximum Gasteiger partial charge on any atom is 0.0690 e. The summed E-state index contributed by atoms with van der Waals surface area (Å²) >= 11 is 3.38. The van der Waals surface area contributed by atoms with E-state index in [1.807, 2.05) is 58.3 Å². The van der Waals surface area contributed by atoms with Gasteiger partial charge in [-0.15, -0.1) is 0 Å². The van der Waals surface area contributed by atoms with Crippen LogP contribution in [0, 0.1) is 0 Å². The van der Waals surface area contributed by atoms with E-state index in [9.17, 15) is 0 Å². The van der Waals surface area contributed by atoms with E-state index in [1.165, 1.54) is 0 Å². The van der Waals surface area contributed by atoms with E-state index in [-0.39, 0.29) is 0 Å². The Morgan fingerprint density at radius 3 is 2.56 bits per heavy atom. The van der Waals surface area contributed by atoms with Crippen LogP contribution in [-0.4, -0.2) is 19.6 Å². The predicted octanol–water partition coefficient (Wildman–Crippen LogP) is 2.88. The number of hydrogen-bond donors (Lipinski definition) is 0. The normalized spacial score (nSPS) is 10.7. The summed E-state index contributed by atoms with van der Waals surface area (Å²) in [6.45, 7) is 0.721. The van der Waals surface area contributed by atoms with Gasteiger partial charge in [-0.05, 0) is 28.1 Å². The number of aromatic nitrogens is 4. The fourth-order valence-electron chi connectivity index (χ4n) is 1.78. The van der Waals surface area contributed by atoms with Crippen molar-refractivity contribution in [3.63, 3.8) is 0 Å². The standard InChI is InChI=1S/C13H11BrN4/c14-12-7-15-17(10-12)8-11-6-16-18(9-11)13-4-2-1-3-5-13/h1-7,9-10H,8H2. The summed E-state index contributed by atoms with van der Waals surface area (Å²) in [7, 11) is 0. The van der Waals surface area contributed by atoms with E-state index in [4.69, 9.17) is 0 Å². The lowest BCUT2D eigenvalue weighted by Crippen LogP contribution is -1.98. The third kappa shape index (κ3) is 2.36. The first-order valence-electron chi connectivity index (χ1n) is 5.58. The minimum Gasteiger partial charge on any atom is -0.267 e. The van der Waals surface area contributed by atoms with Crippen molar-refractivity contribution in [3.05, 3.63) is 65.2 Å². The molecule has 0 N–H and O–H groups in total. The van der Waals surface area contributed by atoms with Gasteiger partial charge in [-0.25, -0.2) is 4.68 Å². The molecule has 90 valence electrons. The Morgan fingerprint density at radius 2 is 1.83 bits per heavy atom. The van der Waals surface area contributed by atoms with Crippen molar-refractivity contribution in [1.29, 1.82) is 0 Å². The van der Waals surface area contributed by atoms with Gasteiger partial charge in [0.1, 0.15) is 0 Å². The molecule has 3 aromatic rings. The first-order valence-corrected chi connectivity index (χ1v) is 6.37. The Morgan fingerprint density at radius 1 is 1.00 bits per heavy atom. The Kier molecular flexibility index (Phi) is 2.98. The second-order valence-electron chi connectivity index (χ2n) is 3.98. The highest BCUT2D eigenvalue weighted by molar-refractivity contribution is 9.10. The van der Waals surface area contributed by atoms with Crippen molar-refractivity contribution >= 4 is 15.9 Å². The van der Waals surface area contributed by atoms with E-state index in [2.05, 4.69) is 26.1 Å². The summed E-state index contributed by atoms with van der Waals surface area (Å²) < 4.78 is 4.72. The summed E-state index contributed by atoms with van der Waals surface area (Å²) in [5.74, 6) is 0. The first-order chi connectivity index (χ1) is 8.81. The molecule has 18 heavy (non-hydrogen) atoms. The molecule has 1 aromatic carbocycles. The van der Waals surface area contributed by atoms with Gasteiger partial charge < -0.3 is 0 Å². The van der Waals surface area contributed by atoms with Crippen LogP contribution in [0.5, 0.6) is 0 Å². The van der Waals surface area contributed by atoms with Crippen LogP contribution in [-0.2, 0) is 6.54 Å². The third-order valence-corrected chi connectivity index (χ3v) is 3.01. The fourth-order valence-corrected chi connectivity index (χ4v) is 2.10.